The van der Waals surface area contributed by atoms with E-state index >= 15 is 0 Å². The van der Waals surface area contributed by atoms with E-state index in [0.717, 1.165) is 20.5 Å². The summed E-state index contributed by atoms with van der Waals surface area (Å²) in [6, 6.07) is 5.80. The molecular weight excluding hydrogens is 495 g/mol. The Morgan fingerprint density at radius 3 is 2.74 bits per heavy atom. The van der Waals surface area contributed by atoms with Crippen LogP contribution in [-0.4, -0.2) is 37.5 Å². The Bertz CT molecular complexity index is 1620. The number of aryl methyl sites for hydroxylation is 2. The number of nitrogens with zero attached hydrogens (tertiary/aromatic N) is 5. The maximum Gasteiger partial charge on any atom is 0.347 e. The van der Waals surface area contributed by atoms with Crippen LogP contribution in [0.4, 0.5) is 13.2 Å². The van der Waals surface area contributed by atoms with Crippen LogP contribution in [-0.2, 0) is 0 Å². The molecule has 0 aliphatic carbocycles. The minimum absolute atomic E-state index is 0.00366. The Balaban J connectivity index is 1.75. The van der Waals surface area contributed by atoms with Gasteiger partial charge in [-0.05, 0) is 37.6 Å². The third-order valence-corrected chi connectivity index (χ3v) is 6.29. The van der Waals surface area contributed by atoms with Crippen molar-refractivity contribution in [3.8, 4) is 23.3 Å². The lowest BCUT2D eigenvalue weighted by Crippen LogP contribution is -2.19. The molecule has 0 radical (unpaired) electrons. The van der Waals surface area contributed by atoms with Crippen molar-refractivity contribution < 1.29 is 22.3 Å². The summed E-state index contributed by atoms with van der Waals surface area (Å²) in [5.41, 5.74) is 1.02. The highest BCUT2D eigenvalue weighted by molar-refractivity contribution is 7.18. The molecule has 13 heteroatoms. The number of halogens is 4. The summed E-state index contributed by atoms with van der Waals surface area (Å²) in [5, 5.41) is 5.18. The second kappa shape index (κ2) is 8.37. The standard InChI is InChI=1S/C21H13ClF3N5O3S/c1-8-15-10(6-12-16(8)34-9(2)27-12)21(31)33-20(28-15)13-7-14(32-18(25)17(23)24)29-30(13)19-11(22)4-3-5-26-19/h3-7,17-18H,1-2H3. The van der Waals surface area contributed by atoms with Crippen molar-refractivity contribution in [2.24, 2.45) is 0 Å². The monoisotopic (exact) mass is 507 g/mol. The zero-order valence-electron chi connectivity index (χ0n) is 17.4. The van der Waals surface area contributed by atoms with E-state index in [1.165, 1.54) is 23.6 Å². The van der Waals surface area contributed by atoms with Crippen molar-refractivity contribution in [1.29, 1.82) is 0 Å². The molecule has 34 heavy (non-hydrogen) atoms. The number of alkyl halides is 3. The van der Waals surface area contributed by atoms with Gasteiger partial charge in [0.1, 0.15) is 5.69 Å². The van der Waals surface area contributed by atoms with Crippen molar-refractivity contribution >= 4 is 44.1 Å². The fourth-order valence-corrected chi connectivity index (χ4v) is 4.53. The quantitative estimate of drug-likeness (QED) is 0.320. The van der Waals surface area contributed by atoms with E-state index in [2.05, 4.69) is 24.8 Å². The SMILES string of the molecule is Cc1nc2cc3c(=O)oc(-c4cc(OC(F)C(F)F)nn4-c4ncccc4Cl)nc3c(C)c2s1. The largest absolute Gasteiger partial charge is 0.436 e. The van der Waals surface area contributed by atoms with Crippen LogP contribution >= 0.6 is 22.9 Å². The third kappa shape index (κ3) is 3.78. The molecule has 8 nitrogen and oxygen atoms in total. The first-order valence-corrected chi connectivity index (χ1v) is 10.9. The second-order valence-corrected chi connectivity index (χ2v) is 8.79. The molecule has 0 saturated heterocycles. The number of thiazole rings is 1. The lowest BCUT2D eigenvalue weighted by Gasteiger charge is -2.08. The van der Waals surface area contributed by atoms with E-state index in [-0.39, 0.29) is 27.8 Å². The van der Waals surface area contributed by atoms with Gasteiger partial charge in [-0.25, -0.2) is 33.2 Å². The maximum atomic E-state index is 13.6. The van der Waals surface area contributed by atoms with Crippen LogP contribution in [0.3, 0.4) is 0 Å². The summed E-state index contributed by atoms with van der Waals surface area (Å²) in [5.74, 6) is -0.645. The predicted molar refractivity (Wildman–Crippen MR) is 120 cm³/mol. The van der Waals surface area contributed by atoms with E-state index < -0.39 is 24.3 Å². The highest BCUT2D eigenvalue weighted by atomic mass is 35.5. The lowest BCUT2D eigenvalue weighted by atomic mass is 10.1. The van der Waals surface area contributed by atoms with Gasteiger partial charge in [-0.3, -0.25) is 0 Å². The normalized spacial score (nSPS) is 12.7. The van der Waals surface area contributed by atoms with Gasteiger partial charge in [0.2, 0.25) is 11.8 Å². The van der Waals surface area contributed by atoms with E-state index in [1.54, 1.807) is 19.1 Å². The zero-order valence-corrected chi connectivity index (χ0v) is 19.0. The molecule has 174 valence electrons. The summed E-state index contributed by atoms with van der Waals surface area (Å²) >= 11 is 7.68. The first-order chi connectivity index (χ1) is 16.2. The predicted octanol–water partition coefficient (Wildman–Crippen LogP) is 5.26. The van der Waals surface area contributed by atoms with E-state index in [9.17, 15) is 18.0 Å². The third-order valence-electron chi connectivity index (χ3n) is 4.89. The van der Waals surface area contributed by atoms with Crippen LogP contribution in [0.15, 0.2) is 39.7 Å². The van der Waals surface area contributed by atoms with Gasteiger partial charge in [-0.1, -0.05) is 11.6 Å². The van der Waals surface area contributed by atoms with Crippen molar-refractivity contribution in [2.75, 3.05) is 0 Å². The van der Waals surface area contributed by atoms with E-state index in [4.69, 9.17) is 16.0 Å². The summed E-state index contributed by atoms with van der Waals surface area (Å²) in [6.45, 7) is 3.65. The Morgan fingerprint density at radius 1 is 1.21 bits per heavy atom. The molecule has 1 atom stereocenters. The highest BCUT2D eigenvalue weighted by Crippen LogP contribution is 2.33. The van der Waals surface area contributed by atoms with Gasteiger partial charge in [-0.15, -0.1) is 16.4 Å². The molecule has 0 aliphatic rings. The average molecular weight is 508 g/mol. The number of rotatable bonds is 5. The van der Waals surface area contributed by atoms with E-state index in [0.29, 0.717) is 16.6 Å². The van der Waals surface area contributed by atoms with Gasteiger partial charge in [0.25, 0.3) is 6.36 Å². The molecule has 0 spiro atoms. The minimum Gasteiger partial charge on any atom is -0.436 e. The highest BCUT2D eigenvalue weighted by Gasteiger charge is 2.26. The van der Waals surface area contributed by atoms with E-state index in [1.807, 2.05) is 6.92 Å². The van der Waals surface area contributed by atoms with Crippen LogP contribution < -0.4 is 10.4 Å². The first-order valence-electron chi connectivity index (χ1n) is 9.74. The smallest absolute Gasteiger partial charge is 0.347 e. The lowest BCUT2D eigenvalue weighted by molar-refractivity contribution is -0.0691. The summed E-state index contributed by atoms with van der Waals surface area (Å²) in [6.07, 6.45) is -4.89. The average Bonchev–Trinajstić information content (AvgIpc) is 3.38. The molecule has 0 saturated carbocycles. The molecule has 5 rings (SSSR count). The number of benzene rings is 1. The van der Waals surface area contributed by atoms with Crippen LogP contribution in [0, 0.1) is 13.8 Å². The van der Waals surface area contributed by atoms with Crippen molar-refractivity contribution in [3.63, 3.8) is 0 Å². The zero-order chi connectivity index (χ0) is 24.1. The van der Waals surface area contributed by atoms with Crippen molar-refractivity contribution in [3.05, 3.63) is 56.5 Å². The molecule has 4 aromatic heterocycles. The van der Waals surface area contributed by atoms with Crippen LogP contribution in [0.1, 0.15) is 10.6 Å². The molecule has 0 bridgehead atoms. The number of pyridine rings is 1. The van der Waals surface area contributed by atoms with Gasteiger partial charge in [0, 0.05) is 12.3 Å². The number of hydrogen-bond acceptors (Lipinski definition) is 8. The van der Waals surface area contributed by atoms with Crippen molar-refractivity contribution in [1.82, 2.24) is 24.7 Å². The number of fused-ring (bicyclic) bond motifs is 2. The fourth-order valence-electron chi connectivity index (χ4n) is 3.43. The fraction of sp³-hybridized carbons (Fsp3) is 0.190. The molecule has 1 unspecified atom stereocenters. The summed E-state index contributed by atoms with van der Waals surface area (Å²) in [4.78, 5) is 25.9. The van der Waals surface area contributed by atoms with Crippen LogP contribution in [0.2, 0.25) is 5.02 Å². The van der Waals surface area contributed by atoms with Crippen molar-refractivity contribution in [2.45, 2.75) is 26.6 Å². The Hall–Kier alpha value is -3.51. The van der Waals surface area contributed by atoms with Gasteiger partial charge in [0.05, 0.1) is 31.1 Å². The molecule has 0 amide bonds. The number of aromatic nitrogens is 5. The Labute approximate surface area is 197 Å². The van der Waals surface area contributed by atoms with Gasteiger partial charge in [-0.2, -0.15) is 4.39 Å². The summed E-state index contributed by atoms with van der Waals surface area (Å²) < 4.78 is 50.9. The molecule has 0 N–H and O–H groups in total. The first kappa shape index (κ1) is 22.3. The number of hydrogen-bond donors (Lipinski definition) is 0. The second-order valence-electron chi connectivity index (χ2n) is 7.18. The van der Waals surface area contributed by atoms with Crippen LogP contribution in [0.25, 0.3) is 38.5 Å². The van der Waals surface area contributed by atoms with Gasteiger partial charge >= 0.3 is 12.1 Å². The minimum atomic E-state index is -3.39. The Kier molecular flexibility index (Phi) is 5.48. The summed E-state index contributed by atoms with van der Waals surface area (Å²) in [7, 11) is 0. The molecule has 4 heterocycles. The molecule has 1 aromatic carbocycles. The molecule has 0 fully saturated rings. The topological polar surface area (TPSA) is 95.9 Å². The number of ether oxygens (including phenoxy) is 1. The molecule has 5 aromatic rings. The van der Waals surface area contributed by atoms with Gasteiger partial charge < -0.3 is 9.15 Å². The Morgan fingerprint density at radius 2 is 2.00 bits per heavy atom. The maximum absolute atomic E-state index is 13.6. The van der Waals surface area contributed by atoms with Crippen LogP contribution in [0.5, 0.6) is 5.88 Å². The molecular formula is C21H13ClF3N5O3S. The van der Waals surface area contributed by atoms with Gasteiger partial charge in [0.15, 0.2) is 5.82 Å². The molecule has 0 aliphatic heterocycles.